The number of aliphatic carboxylic acids is 1. The number of nitrogens with zero attached hydrogens (tertiary/aromatic N) is 1. The molecule has 0 aliphatic heterocycles. The zero-order valence-corrected chi connectivity index (χ0v) is 9.65. The monoisotopic (exact) mass is 254 g/mol. The lowest BCUT2D eigenvalue weighted by Crippen LogP contribution is -2.42. The summed E-state index contributed by atoms with van der Waals surface area (Å²) in [5, 5.41) is 11.7. The standard InChI is InChI=1S/C11H11ClN2O3/c12-8-3-4-13-5-7(8)10(15)14-9(11(16)17)6-1-2-6/h3-6,9H,1-2H2,(H,14,15)(H,16,17). The van der Waals surface area contributed by atoms with Gasteiger partial charge in [-0.1, -0.05) is 11.6 Å². The first-order valence-electron chi connectivity index (χ1n) is 5.23. The van der Waals surface area contributed by atoms with Gasteiger partial charge in [-0.15, -0.1) is 0 Å². The predicted octanol–water partition coefficient (Wildman–Crippen LogP) is 1.33. The topological polar surface area (TPSA) is 79.3 Å². The van der Waals surface area contributed by atoms with Gasteiger partial charge in [0.15, 0.2) is 0 Å². The molecule has 90 valence electrons. The van der Waals surface area contributed by atoms with Crippen LogP contribution in [0, 0.1) is 5.92 Å². The van der Waals surface area contributed by atoms with Crippen LogP contribution in [0.25, 0.3) is 0 Å². The molecule has 5 nitrogen and oxygen atoms in total. The second kappa shape index (κ2) is 4.71. The van der Waals surface area contributed by atoms with E-state index in [9.17, 15) is 9.59 Å². The molecule has 1 amide bonds. The minimum absolute atomic E-state index is 0.0342. The first kappa shape index (κ1) is 11.9. The van der Waals surface area contributed by atoms with Crippen LogP contribution in [0.1, 0.15) is 23.2 Å². The van der Waals surface area contributed by atoms with Gasteiger partial charge in [-0.3, -0.25) is 9.78 Å². The van der Waals surface area contributed by atoms with Crippen LogP contribution in [0.2, 0.25) is 5.02 Å². The fourth-order valence-corrected chi connectivity index (χ4v) is 1.77. The molecule has 1 atom stereocenters. The highest BCUT2D eigenvalue weighted by Gasteiger charge is 2.37. The lowest BCUT2D eigenvalue weighted by atomic mass is 10.1. The van der Waals surface area contributed by atoms with Crippen LogP contribution in [0.15, 0.2) is 18.5 Å². The lowest BCUT2D eigenvalue weighted by molar-refractivity contribution is -0.139. The summed E-state index contributed by atoms with van der Waals surface area (Å²) in [4.78, 5) is 26.6. The van der Waals surface area contributed by atoms with Crippen LogP contribution < -0.4 is 5.32 Å². The van der Waals surface area contributed by atoms with Crippen molar-refractivity contribution >= 4 is 23.5 Å². The molecule has 1 unspecified atom stereocenters. The smallest absolute Gasteiger partial charge is 0.326 e. The normalized spacial score (nSPS) is 16.3. The van der Waals surface area contributed by atoms with Gasteiger partial charge < -0.3 is 10.4 Å². The highest BCUT2D eigenvalue weighted by molar-refractivity contribution is 6.33. The summed E-state index contributed by atoms with van der Waals surface area (Å²) < 4.78 is 0. The number of hydrogen-bond donors (Lipinski definition) is 2. The number of hydrogen-bond acceptors (Lipinski definition) is 3. The molecule has 17 heavy (non-hydrogen) atoms. The highest BCUT2D eigenvalue weighted by Crippen LogP contribution is 2.33. The third-order valence-electron chi connectivity index (χ3n) is 2.66. The molecular formula is C11H11ClN2O3. The summed E-state index contributed by atoms with van der Waals surface area (Å²) in [7, 11) is 0. The Morgan fingerprint density at radius 1 is 1.53 bits per heavy atom. The van der Waals surface area contributed by atoms with E-state index in [0.717, 1.165) is 12.8 Å². The van der Waals surface area contributed by atoms with Crippen molar-refractivity contribution in [3.8, 4) is 0 Å². The second-order valence-corrected chi connectivity index (χ2v) is 4.39. The van der Waals surface area contributed by atoms with Gasteiger partial charge in [0.1, 0.15) is 6.04 Å². The zero-order chi connectivity index (χ0) is 12.4. The summed E-state index contributed by atoms with van der Waals surface area (Å²) in [5.74, 6) is -1.48. The van der Waals surface area contributed by atoms with Crippen molar-refractivity contribution in [2.75, 3.05) is 0 Å². The van der Waals surface area contributed by atoms with Gasteiger partial charge in [-0.05, 0) is 24.8 Å². The SMILES string of the molecule is O=C(NC(C(=O)O)C1CC1)c1cnccc1Cl. The Balaban J connectivity index is 2.10. The number of carboxylic acid groups (broad SMARTS) is 1. The average Bonchev–Trinajstić information content (AvgIpc) is 3.09. The fourth-order valence-electron chi connectivity index (χ4n) is 1.57. The number of halogens is 1. The molecule has 1 fully saturated rings. The van der Waals surface area contributed by atoms with Crippen LogP contribution in [0.4, 0.5) is 0 Å². The van der Waals surface area contributed by atoms with Crippen LogP contribution in [0.5, 0.6) is 0 Å². The molecule has 0 aromatic carbocycles. The Bertz CT molecular complexity index is 460. The van der Waals surface area contributed by atoms with Crippen molar-refractivity contribution in [1.29, 1.82) is 0 Å². The number of aromatic nitrogens is 1. The Kier molecular flexibility index (Phi) is 3.28. The molecular weight excluding hydrogens is 244 g/mol. The Morgan fingerprint density at radius 2 is 2.24 bits per heavy atom. The highest BCUT2D eigenvalue weighted by atomic mass is 35.5. The maximum Gasteiger partial charge on any atom is 0.326 e. The zero-order valence-electron chi connectivity index (χ0n) is 8.89. The molecule has 1 saturated carbocycles. The van der Waals surface area contributed by atoms with Gasteiger partial charge in [-0.2, -0.15) is 0 Å². The van der Waals surface area contributed by atoms with Crippen molar-refractivity contribution in [2.24, 2.45) is 5.92 Å². The van der Waals surface area contributed by atoms with E-state index in [-0.39, 0.29) is 16.5 Å². The van der Waals surface area contributed by atoms with Gasteiger partial charge in [0, 0.05) is 12.4 Å². The lowest BCUT2D eigenvalue weighted by Gasteiger charge is -2.13. The Labute approximate surface area is 103 Å². The van der Waals surface area contributed by atoms with E-state index in [1.165, 1.54) is 18.5 Å². The predicted molar refractivity (Wildman–Crippen MR) is 60.9 cm³/mol. The molecule has 1 aromatic heterocycles. The molecule has 0 saturated heterocycles. The van der Waals surface area contributed by atoms with Gasteiger partial charge in [0.05, 0.1) is 10.6 Å². The van der Waals surface area contributed by atoms with Crippen molar-refractivity contribution in [3.05, 3.63) is 29.0 Å². The molecule has 1 aliphatic rings. The van der Waals surface area contributed by atoms with Crippen LogP contribution in [-0.4, -0.2) is 28.0 Å². The van der Waals surface area contributed by atoms with Gasteiger partial charge >= 0.3 is 5.97 Å². The third kappa shape index (κ3) is 2.74. The summed E-state index contributed by atoms with van der Waals surface area (Å²) in [5.41, 5.74) is 0.195. The van der Waals surface area contributed by atoms with Gasteiger partial charge in [0.2, 0.25) is 0 Å². The minimum Gasteiger partial charge on any atom is -0.480 e. The van der Waals surface area contributed by atoms with Crippen molar-refractivity contribution in [3.63, 3.8) is 0 Å². The largest absolute Gasteiger partial charge is 0.480 e. The number of nitrogens with one attached hydrogen (secondary N) is 1. The summed E-state index contributed by atoms with van der Waals surface area (Å²) >= 11 is 5.83. The number of pyridine rings is 1. The van der Waals surface area contributed by atoms with Crippen LogP contribution in [0.3, 0.4) is 0 Å². The fraction of sp³-hybridized carbons (Fsp3) is 0.364. The molecule has 1 aromatic rings. The number of carbonyl (C=O) groups excluding carboxylic acids is 1. The number of carbonyl (C=O) groups is 2. The molecule has 2 rings (SSSR count). The first-order valence-corrected chi connectivity index (χ1v) is 5.60. The maximum absolute atomic E-state index is 11.8. The van der Waals surface area contributed by atoms with E-state index in [2.05, 4.69) is 10.3 Å². The van der Waals surface area contributed by atoms with Crippen LogP contribution >= 0.6 is 11.6 Å². The number of carboxylic acids is 1. The second-order valence-electron chi connectivity index (χ2n) is 3.98. The summed E-state index contributed by atoms with van der Waals surface area (Å²) in [6, 6.07) is 0.655. The van der Waals surface area contributed by atoms with E-state index in [1.807, 2.05) is 0 Å². The van der Waals surface area contributed by atoms with E-state index in [4.69, 9.17) is 16.7 Å². The summed E-state index contributed by atoms with van der Waals surface area (Å²) in [6.45, 7) is 0. The molecule has 1 aliphatic carbocycles. The minimum atomic E-state index is -1.01. The third-order valence-corrected chi connectivity index (χ3v) is 2.99. The van der Waals surface area contributed by atoms with Crippen molar-refractivity contribution < 1.29 is 14.7 Å². The van der Waals surface area contributed by atoms with Gasteiger partial charge in [0.25, 0.3) is 5.91 Å². The average molecular weight is 255 g/mol. The van der Waals surface area contributed by atoms with E-state index < -0.39 is 17.9 Å². The molecule has 6 heteroatoms. The Hall–Kier alpha value is -1.62. The van der Waals surface area contributed by atoms with E-state index >= 15 is 0 Å². The Morgan fingerprint density at radius 3 is 2.76 bits per heavy atom. The number of amides is 1. The maximum atomic E-state index is 11.8. The van der Waals surface area contributed by atoms with Crippen LogP contribution in [-0.2, 0) is 4.79 Å². The quantitative estimate of drug-likeness (QED) is 0.850. The first-order chi connectivity index (χ1) is 8.09. The van der Waals surface area contributed by atoms with E-state index in [0.29, 0.717) is 0 Å². The molecule has 0 bridgehead atoms. The number of rotatable bonds is 4. The molecule has 1 heterocycles. The van der Waals surface area contributed by atoms with Crippen molar-refractivity contribution in [1.82, 2.24) is 10.3 Å². The van der Waals surface area contributed by atoms with E-state index in [1.54, 1.807) is 0 Å². The summed E-state index contributed by atoms with van der Waals surface area (Å²) in [6.07, 6.45) is 4.45. The molecule has 0 spiro atoms. The van der Waals surface area contributed by atoms with Gasteiger partial charge in [-0.25, -0.2) is 4.79 Å². The molecule has 2 N–H and O–H groups in total. The van der Waals surface area contributed by atoms with Crippen molar-refractivity contribution in [2.45, 2.75) is 18.9 Å². The molecule has 0 radical (unpaired) electrons.